The van der Waals surface area contributed by atoms with Crippen LogP contribution in [0.5, 0.6) is 0 Å². The second-order valence-corrected chi connectivity index (χ2v) is 4.16. The molecule has 0 aliphatic carbocycles. The lowest BCUT2D eigenvalue weighted by molar-refractivity contribution is -0.118. The fourth-order valence-corrected chi connectivity index (χ4v) is 0.750. The summed E-state index contributed by atoms with van der Waals surface area (Å²) in [5.74, 6) is -0.442. The van der Waals surface area contributed by atoms with Gasteiger partial charge in [0.1, 0.15) is 10.2 Å². The number of nitrogens with two attached hydrogens (primary N) is 1. The number of alkyl halides is 2. The summed E-state index contributed by atoms with van der Waals surface area (Å²) < 4.78 is -0.693. The molecule has 0 aliphatic heterocycles. The Morgan fingerprint density at radius 1 is 1.56 bits per heavy atom. The molecule has 0 spiro atoms. The Morgan fingerprint density at radius 2 is 2.00 bits per heavy atom. The van der Waals surface area contributed by atoms with E-state index < -0.39 is 5.91 Å². The van der Waals surface area contributed by atoms with Gasteiger partial charge in [0, 0.05) is 0 Å². The molecule has 5 heteroatoms. The van der Waals surface area contributed by atoms with Crippen LogP contribution in [0.2, 0.25) is 0 Å². The van der Waals surface area contributed by atoms with Gasteiger partial charge in [-0.1, -0.05) is 45.2 Å². The Hall–Kier alpha value is 0.600. The van der Waals surface area contributed by atoms with Gasteiger partial charge in [-0.2, -0.15) is 0 Å². The van der Waals surface area contributed by atoms with E-state index in [1.165, 1.54) is 0 Å². The number of primary amides is 1. The van der Waals surface area contributed by atoms with Crippen LogP contribution in [0.4, 0.5) is 0 Å². The van der Waals surface area contributed by atoms with E-state index in [0.717, 1.165) is 0 Å². The molecule has 2 N–H and O–H groups in total. The van der Waals surface area contributed by atoms with E-state index in [1.54, 1.807) is 0 Å². The van der Waals surface area contributed by atoms with E-state index in [9.17, 15) is 9.59 Å². The average Bonchev–Trinajstić information content (AvgIpc) is 1.84. The highest BCUT2D eigenvalue weighted by molar-refractivity contribution is 14.1. The molecule has 0 aromatic rings. The van der Waals surface area contributed by atoms with Crippen molar-refractivity contribution in [2.45, 2.75) is 7.85 Å². The summed E-state index contributed by atoms with van der Waals surface area (Å²) >= 11 is 3.71. The molecule has 0 bridgehead atoms. The Labute approximate surface area is 80.0 Å². The SMILES string of the molecule is NC(=O)C(I)C(I)C=O. The first-order valence-corrected chi connectivity index (χ1v) is 4.61. The van der Waals surface area contributed by atoms with Crippen molar-refractivity contribution < 1.29 is 9.59 Å². The highest BCUT2D eigenvalue weighted by Crippen LogP contribution is 2.12. The number of carbonyl (C=O) groups excluding carboxylic acids is 2. The first-order valence-electron chi connectivity index (χ1n) is 2.12. The molecule has 0 rings (SSSR count). The minimum atomic E-state index is -0.442. The number of carbonyl (C=O) groups is 2. The van der Waals surface area contributed by atoms with Gasteiger partial charge in [0.15, 0.2) is 0 Å². The van der Waals surface area contributed by atoms with Crippen molar-refractivity contribution in [2.75, 3.05) is 0 Å². The summed E-state index contributed by atoms with van der Waals surface area (Å²) in [6.45, 7) is 0. The van der Waals surface area contributed by atoms with Crippen molar-refractivity contribution in [3.8, 4) is 0 Å². The molecule has 2 unspecified atom stereocenters. The third-order valence-electron chi connectivity index (χ3n) is 0.681. The number of amides is 1. The first-order chi connectivity index (χ1) is 4.09. The van der Waals surface area contributed by atoms with Crippen molar-refractivity contribution in [3.05, 3.63) is 0 Å². The minimum Gasteiger partial charge on any atom is -0.369 e. The molecule has 0 fully saturated rings. The largest absolute Gasteiger partial charge is 0.369 e. The van der Waals surface area contributed by atoms with Crippen molar-refractivity contribution in [1.29, 1.82) is 0 Å². The molecule has 0 saturated heterocycles. The van der Waals surface area contributed by atoms with Crippen molar-refractivity contribution in [2.24, 2.45) is 5.73 Å². The van der Waals surface area contributed by atoms with E-state index in [4.69, 9.17) is 5.73 Å². The standard InChI is InChI=1S/C4H5I2NO2/c5-2(1-8)3(6)4(7)9/h1-3H,(H2,7,9). The van der Waals surface area contributed by atoms with Gasteiger partial charge < -0.3 is 10.5 Å². The van der Waals surface area contributed by atoms with Crippen LogP contribution in [0.25, 0.3) is 0 Å². The Morgan fingerprint density at radius 3 is 2.11 bits per heavy atom. The molecule has 1 amide bonds. The smallest absolute Gasteiger partial charge is 0.231 e. The zero-order valence-corrected chi connectivity index (χ0v) is 8.70. The van der Waals surface area contributed by atoms with Gasteiger partial charge in [-0.25, -0.2) is 0 Å². The topological polar surface area (TPSA) is 60.2 Å². The molecule has 0 aromatic heterocycles. The monoisotopic (exact) mass is 353 g/mol. The molecule has 9 heavy (non-hydrogen) atoms. The molecular weight excluding hydrogens is 348 g/mol. The van der Waals surface area contributed by atoms with Crippen LogP contribution in [0.3, 0.4) is 0 Å². The summed E-state index contributed by atoms with van der Waals surface area (Å²) in [6.07, 6.45) is 0.711. The maximum Gasteiger partial charge on any atom is 0.231 e. The van der Waals surface area contributed by atoms with Crippen LogP contribution in [0.15, 0.2) is 0 Å². The minimum absolute atomic E-state index is 0.305. The second kappa shape index (κ2) is 4.42. The van der Waals surface area contributed by atoms with Crippen LogP contribution in [0.1, 0.15) is 0 Å². The third-order valence-corrected chi connectivity index (χ3v) is 4.46. The Balaban J connectivity index is 3.86. The summed E-state index contributed by atoms with van der Waals surface area (Å²) in [4.78, 5) is 20.4. The maximum atomic E-state index is 10.4. The van der Waals surface area contributed by atoms with E-state index in [2.05, 4.69) is 0 Å². The molecular formula is C4H5I2NO2. The van der Waals surface area contributed by atoms with Crippen molar-refractivity contribution >= 4 is 57.4 Å². The highest BCUT2D eigenvalue weighted by Gasteiger charge is 2.19. The van der Waals surface area contributed by atoms with Gasteiger partial charge in [0.25, 0.3) is 0 Å². The quantitative estimate of drug-likeness (QED) is 0.450. The third kappa shape index (κ3) is 3.33. The van der Waals surface area contributed by atoms with Crippen LogP contribution in [0, 0.1) is 0 Å². The van der Waals surface area contributed by atoms with Crippen LogP contribution >= 0.6 is 45.2 Å². The Bertz CT molecular complexity index is 128. The van der Waals surface area contributed by atoms with Gasteiger partial charge in [-0.3, -0.25) is 4.79 Å². The molecule has 2 atom stereocenters. The molecule has 0 radical (unpaired) electrons. The Kier molecular flexibility index (Phi) is 4.72. The zero-order chi connectivity index (χ0) is 7.44. The summed E-state index contributed by atoms with van der Waals surface area (Å²) in [6, 6.07) is 0. The first kappa shape index (κ1) is 9.60. The number of hydrogen-bond acceptors (Lipinski definition) is 2. The van der Waals surface area contributed by atoms with Gasteiger partial charge in [-0.15, -0.1) is 0 Å². The molecule has 0 heterocycles. The molecule has 3 nitrogen and oxygen atoms in total. The fourth-order valence-electron chi connectivity index (χ4n) is 0.226. The van der Waals surface area contributed by atoms with E-state index in [0.29, 0.717) is 6.29 Å². The van der Waals surface area contributed by atoms with Crippen LogP contribution < -0.4 is 5.73 Å². The summed E-state index contributed by atoms with van der Waals surface area (Å²) in [7, 11) is 0. The van der Waals surface area contributed by atoms with Crippen molar-refractivity contribution in [3.63, 3.8) is 0 Å². The van der Waals surface area contributed by atoms with Gasteiger partial charge in [0.05, 0.1) is 3.92 Å². The number of halogens is 2. The van der Waals surface area contributed by atoms with E-state index in [-0.39, 0.29) is 7.85 Å². The van der Waals surface area contributed by atoms with Gasteiger partial charge in [0.2, 0.25) is 5.91 Å². The van der Waals surface area contributed by atoms with E-state index >= 15 is 0 Å². The van der Waals surface area contributed by atoms with Crippen molar-refractivity contribution in [1.82, 2.24) is 0 Å². The number of hydrogen-bond donors (Lipinski definition) is 1. The number of aldehydes is 1. The lowest BCUT2D eigenvalue weighted by Crippen LogP contribution is -2.31. The second-order valence-electron chi connectivity index (χ2n) is 1.38. The number of rotatable bonds is 3. The zero-order valence-electron chi connectivity index (χ0n) is 4.38. The average molecular weight is 353 g/mol. The molecule has 0 aromatic carbocycles. The summed E-state index contributed by atoms with van der Waals surface area (Å²) in [5.41, 5.74) is 4.90. The fraction of sp³-hybridized carbons (Fsp3) is 0.500. The van der Waals surface area contributed by atoms with Gasteiger partial charge in [-0.05, 0) is 0 Å². The molecule has 0 saturated carbocycles. The van der Waals surface area contributed by atoms with Crippen LogP contribution in [-0.4, -0.2) is 20.0 Å². The predicted molar refractivity (Wildman–Crippen MR) is 50.9 cm³/mol. The van der Waals surface area contributed by atoms with Gasteiger partial charge >= 0.3 is 0 Å². The lowest BCUT2D eigenvalue weighted by atomic mass is 10.3. The molecule has 52 valence electrons. The summed E-state index contributed by atoms with van der Waals surface area (Å²) in [5, 5.41) is 0. The molecule has 0 aliphatic rings. The predicted octanol–water partition coefficient (Wildman–Crippen LogP) is 0.278. The van der Waals surface area contributed by atoms with E-state index in [1.807, 2.05) is 45.2 Å². The highest BCUT2D eigenvalue weighted by atomic mass is 127. The maximum absolute atomic E-state index is 10.4. The normalized spacial score (nSPS) is 16.2. The van der Waals surface area contributed by atoms with Crippen LogP contribution in [-0.2, 0) is 9.59 Å². The lowest BCUT2D eigenvalue weighted by Gasteiger charge is -2.04.